The number of hydrogen-bond acceptors (Lipinski definition) is 6. The number of nitro benzene ring substituents is 1. The lowest BCUT2D eigenvalue weighted by atomic mass is 10.1. The summed E-state index contributed by atoms with van der Waals surface area (Å²) in [7, 11) is 1.29. The summed E-state index contributed by atoms with van der Waals surface area (Å²) in [6.07, 6.45) is 0. The summed E-state index contributed by atoms with van der Waals surface area (Å²) in [5, 5.41) is 24.7. The second-order valence-electron chi connectivity index (χ2n) is 5.07. The second kappa shape index (κ2) is 8.25. The fourth-order valence-electron chi connectivity index (χ4n) is 2.11. The number of amides is 2. The Morgan fingerprint density at radius 2 is 2.04 bits per heavy atom. The second-order valence-corrected chi connectivity index (χ2v) is 5.07. The van der Waals surface area contributed by atoms with Crippen LogP contribution >= 0.6 is 0 Å². The van der Waals surface area contributed by atoms with Crippen LogP contribution in [0.4, 0.5) is 11.4 Å². The zero-order valence-corrected chi connectivity index (χ0v) is 13.7. The van der Waals surface area contributed by atoms with E-state index in [0.717, 1.165) is 6.07 Å². The molecule has 0 unspecified atom stereocenters. The standard InChI is InChI=1S/C17H14N4O5/c1-26-15-6-5-12(8-14(15)21(24)25)17(23)19-10-16(22)20-13-4-2-3-11(7-13)9-18/h2-8H,10H2,1H3,(H,19,23)(H,20,22). The van der Waals surface area contributed by atoms with Gasteiger partial charge in [-0.2, -0.15) is 5.26 Å². The van der Waals surface area contributed by atoms with E-state index < -0.39 is 16.7 Å². The van der Waals surface area contributed by atoms with Crippen molar-refractivity contribution in [2.24, 2.45) is 0 Å². The van der Waals surface area contributed by atoms with Gasteiger partial charge in [0, 0.05) is 17.3 Å². The number of nitrogens with zero attached hydrogens (tertiary/aromatic N) is 2. The molecule has 0 heterocycles. The molecular formula is C17H14N4O5. The summed E-state index contributed by atoms with van der Waals surface area (Å²) in [6, 6.07) is 12.0. The van der Waals surface area contributed by atoms with Gasteiger partial charge < -0.3 is 15.4 Å². The molecule has 0 aliphatic carbocycles. The fraction of sp³-hybridized carbons (Fsp3) is 0.118. The van der Waals surface area contributed by atoms with Gasteiger partial charge in [-0.1, -0.05) is 6.07 Å². The van der Waals surface area contributed by atoms with E-state index in [1.165, 1.54) is 25.3 Å². The Balaban J connectivity index is 1.99. The van der Waals surface area contributed by atoms with Crippen molar-refractivity contribution in [3.63, 3.8) is 0 Å². The molecule has 9 heteroatoms. The van der Waals surface area contributed by atoms with Crippen LogP contribution in [0.1, 0.15) is 15.9 Å². The number of nitrogens with one attached hydrogen (secondary N) is 2. The van der Waals surface area contributed by atoms with Crippen LogP contribution in [0.5, 0.6) is 5.75 Å². The van der Waals surface area contributed by atoms with Gasteiger partial charge in [0.05, 0.1) is 30.2 Å². The number of rotatable bonds is 6. The number of methoxy groups -OCH3 is 1. The molecule has 26 heavy (non-hydrogen) atoms. The average Bonchev–Trinajstić information content (AvgIpc) is 2.65. The Morgan fingerprint density at radius 1 is 1.27 bits per heavy atom. The average molecular weight is 354 g/mol. The smallest absolute Gasteiger partial charge is 0.311 e. The van der Waals surface area contributed by atoms with Crippen LogP contribution in [0.3, 0.4) is 0 Å². The molecule has 0 aromatic heterocycles. The maximum Gasteiger partial charge on any atom is 0.311 e. The lowest BCUT2D eigenvalue weighted by Gasteiger charge is -2.08. The highest BCUT2D eigenvalue weighted by Crippen LogP contribution is 2.27. The van der Waals surface area contributed by atoms with Crippen LogP contribution in [0.15, 0.2) is 42.5 Å². The highest BCUT2D eigenvalue weighted by atomic mass is 16.6. The zero-order valence-electron chi connectivity index (χ0n) is 13.7. The van der Waals surface area contributed by atoms with Crippen LogP contribution in [0, 0.1) is 21.4 Å². The first-order valence-corrected chi connectivity index (χ1v) is 7.35. The first kappa shape index (κ1) is 18.4. The molecule has 9 nitrogen and oxygen atoms in total. The summed E-state index contributed by atoms with van der Waals surface area (Å²) < 4.78 is 4.86. The van der Waals surface area contributed by atoms with Crippen molar-refractivity contribution in [2.45, 2.75) is 0 Å². The van der Waals surface area contributed by atoms with Gasteiger partial charge in [-0.15, -0.1) is 0 Å². The molecule has 0 fully saturated rings. The van der Waals surface area contributed by atoms with Crippen molar-refractivity contribution >= 4 is 23.2 Å². The minimum atomic E-state index is -0.662. The number of benzene rings is 2. The third-order valence-electron chi connectivity index (χ3n) is 3.32. The van der Waals surface area contributed by atoms with E-state index >= 15 is 0 Å². The molecule has 0 saturated carbocycles. The minimum absolute atomic E-state index is 0.0248. The van der Waals surface area contributed by atoms with E-state index in [2.05, 4.69) is 10.6 Å². The Morgan fingerprint density at radius 3 is 2.69 bits per heavy atom. The number of carbonyl (C=O) groups is 2. The van der Waals surface area contributed by atoms with Crippen molar-refractivity contribution in [3.05, 3.63) is 63.7 Å². The van der Waals surface area contributed by atoms with Crippen LogP contribution in [-0.4, -0.2) is 30.4 Å². The van der Waals surface area contributed by atoms with Crippen molar-refractivity contribution in [1.29, 1.82) is 5.26 Å². The zero-order chi connectivity index (χ0) is 19.1. The number of anilines is 1. The monoisotopic (exact) mass is 354 g/mol. The van der Waals surface area contributed by atoms with Crippen LogP contribution in [0.25, 0.3) is 0 Å². The highest BCUT2D eigenvalue weighted by Gasteiger charge is 2.18. The molecule has 2 rings (SSSR count). The topological polar surface area (TPSA) is 134 Å². The minimum Gasteiger partial charge on any atom is -0.490 e. The van der Waals surface area contributed by atoms with Gasteiger partial charge in [-0.25, -0.2) is 0 Å². The Labute approximate surface area is 148 Å². The van der Waals surface area contributed by atoms with Gasteiger partial charge in [0.15, 0.2) is 5.75 Å². The van der Waals surface area contributed by atoms with Gasteiger partial charge in [-0.05, 0) is 30.3 Å². The molecule has 0 aliphatic rings. The predicted octanol–water partition coefficient (Wildman–Crippen LogP) is 1.84. The number of hydrogen-bond donors (Lipinski definition) is 2. The van der Waals surface area contributed by atoms with Crippen LogP contribution in [-0.2, 0) is 4.79 Å². The van der Waals surface area contributed by atoms with E-state index in [0.29, 0.717) is 11.3 Å². The molecular weight excluding hydrogens is 340 g/mol. The number of carbonyl (C=O) groups excluding carboxylic acids is 2. The van der Waals surface area contributed by atoms with Crippen molar-refractivity contribution in [3.8, 4) is 11.8 Å². The number of ether oxygens (including phenoxy) is 1. The highest BCUT2D eigenvalue weighted by molar-refractivity contribution is 5.99. The molecule has 0 radical (unpaired) electrons. The van der Waals surface area contributed by atoms with Crippen molar-refractivity contribution in [1.82, 2.24) is 5.32 Å². The summed E-state index contributed by atoms with van der Waals surface area (Å²) >= 11 is 0. The molecule has 2 aromatic rings. The molecule has 2 aromatic carbocycles. The van der Waals surface area contributed by atoms with E-state index in [-0.39, 0.29) is 23.5 Å². The predicted molar refractivity (Wildman–Crippen MR) is 91.8 cm³/mol. The van der Waals surface area contributed by atoms with E-state index in [4.69, 9.17) is 10.00 Å². The van der Waals surface area contributed by atoms with Crippen molar-refractivity contribution in [2.75, 3.05) is 19.0 Å². The molecule has 0 atom stereocenters. The Kier molecular flexibility index (Phi) is 5.84. The maximum atomic E-state index is 12.1. The molecule has 0 aliphatic heterocycles. The summed E-state index contributed by atoms with van der Waals surface area (Å²) in [5.74, 6) is -1.12. The van der Waals surface area contributed by atoms with Crippen LogP contribution in [0.2, 0.25) is 0 Å². The van der Waals surface area contributed by atoms with Gasteiger partial charge in [-0.3, -0.25) is 19.7 Å². The molecule has 0 spiro atoms. The van der Waals surface area contributed by atoms with Gasteiger partial charge in [0.2, 0.25) is 5.91 Å². The molecule has 2 amide bonds. The normalized spacial score (nSPS) is 9.69. The largest absolute Gasteiger partial charge is 0.490 e. The maximum absolute atomic E-state index is 12.1. The van der Waals surface area contributed by atoms with E-state index in [1.807, 2.05) is 6.07 Å². The summed E-state index contributed by atoms with van der Waals surface area (Å²) in [4.78, 5) is 34.3. The SMILES string of the molecule is COc1ccc(C(=O)NCC(=O)Nc2cccc(C#N)c2)cc1[N+](=O)[O-]. The van der Waals surface area contributed by atoms with Crippen LogP contribution < -0.4 is 15.4 Å². The first-order chi connectivity index (χ1) is 12.4. The van der Waals surface area contributed by atoms with Crippen molar-refractivity contribution < 1.29 is 19.2 Å². The Hall–Kier alpha value is -3.93. The molecule has 132 valence electrons. The summed E-state index contributed by atoms with van der Waals surface area (Å²) in [6.45, 7) is -0.338. The summed E-state index contributed by atoms with van der Waals surface area (Å²) in [5.41, 5.74) is 0.482. The number of nitriles is 1. The van der Waals surface area contributed by atoms with Gasteiger partial charge in [0.25, 0.3) is 5.91 Å². The fourth-order valence-corrected chi connectivity index (χ4v) is 2.11. The van der Waals surface area contributed by atoms with E-state index in [1.54, 1.807) is 18.2 Å². The van der Waals surface area contributed by atoms with Gasteiger partial charge in [0.1, 0.15) is 0 Å². The lowest BCUT2D eigenvalue weighted by molar-refractivity contribution is -0.385. The first-order valence-electron chi connectivity index (χ1n) is 7.35. The third-order valence-corrected chi connectivity index (χ3v) is 3.32. The lowest BCUT2D eigenvalue weighted by Crippen LogP contribution is -2.32. The molecule has 0 bridgehead atoms. The third kappa shape index (κ3) is 4.55. The number of nitro groups is 1. The molecule has 2 N–H and O–H groups in total. The molecule has 0 saturated heterocycles. The van der Waals surface area contributed by atoms with E-state index in [9.17, 15) is 19.7 Å². The van der Waals surface area contributed by atoms with Gasteiger partial charge >= 0.3 is 5.69 Å². The quantitative estimate of drug-likeness (QED) is 0.600. The Bertz CT molecular complexity index is 904.